The molecule has 1 saturated heterocycles. The minimum absolute atomic E-state index is 0.157. The van der Waals surface area contributed by atoms with Gasteiger partial charge in [0, 0.05) is 54.8 Å². The zero-order valence-corrected chi connectivity index (χ0v) is 19.2. The summed E-state index contributed by atoms with van der Waals surface area (Å²) in [6.07, 6.45) is 0.470. The highest BCUT2D eigenvalue weighted by Crippen LogP contribution is 2.34. The van der Waals surface area contributed by atoms with E-state index in [4.69, 9.17) is 20.8 Å². The largest absolute Gasteiger partial charge is 0.481 e. The molecule has 0 unspecified atom stereocenters. The summed E-state index contributed by atoms with van der Waals surface area (Å²) in [6.45, 7) is 6.79. The van der Waals surface area contributed by atoms with Gasteiger partial charge in [0.1, 0.15) is 17.1 Å². The lowest BCUT2D eigenvalue weighted by molar-refractivity contribution is -0.142. The van der Waals surface area contributed by atoms with Gasteiger partial charge < -0.3 is 19.0 Å². The first-order chi connectivity index (χ1) is 16.3. The van der Waals surface area contributed by atoms with Crippen LogP contribution in [0.4, 0.5) is 4.39 Å². The van der Waals surface area contributed by atoms with Gasteiger partial charge in [-0.05, 0) is 43.3 Å². The van der Waals surface area contributed by atoms with Crippen LogP contribution in [0, 0.1) is 5.82 Å². The first-order valence-electron chi connectivity index (χ1n) is 10.7. The number of piperazine rings is 1. The second-order valence-electron chi connectivity index (χ2n) is 7.88. The number of amides is 2. The molecule has 0 N–H and O–H groups in total. The third-order valence-electron chi connectivity index (χ3n) is 5.68. The average molecular weight is 485 g/mol. The number of carbonyl (C=O) groups is 2. The summed E-state index contributed by atoms with van der Waals surface area (Å²) < 4.78 is 24.6. The Morgan fingerprint density at radius 3 is 2.47 bits per heavy atom. The number of ether oxygens (including phenoxy) is 1. The lowest BCUT2D eigenvalue weighted by Crippen LogP contribution is -2.53. The van der Waals surface area contributed by atoms with E-state index in [0.717, 1.165) is 0 Å². The predicted molar refractivity (Wildman–Crippen MR) is 126 cm³/mol. The lowest BCUT2D eigenvalue weighted by Gasteiger charge is -2.35. The molecular formula is C25H22ClFN2O5. The van der Waals surface area contributed by atoms with E-state index in [0.29, 0.717) is 48.4 Å². The Kier molecular flexibility index (Phi) is 6.70. The van der Waals surface area contributed by atoms with Crippen LogP contribution in [-0.2, 0) is 9.59 Å². The van der Waals surface area contributed by atoms with Crippen molar-refractivity contribution in [1.82, 2.24) is 9.80 Å². The minimum atomic E-state index is -0.791. The van der Waals surface area contributed by atoms with Gasteiger partial charge in [0.25, 0.3) is 5.91 Å². The molecule has 0 spiro atoms. The molecule has 0 aliphatic carbocycles. The zero-order chi connectivity index (χ0) is 24.4. The molecule has 1 aromatic heterocycles. The van der Waals surface area contributed by atoms with Crippen molar-refractivity contribution in [2.75, 3.05) is 26.2 Å². The monoisotopic (exact) mass is 484 g/mol. The Hall–Kier alpha value is -3.65. The fraction of sp³-hybridized carbons (Fsp3) is 0.240. The second kappa shape index (κ2) is 9.69. The van der Waals surface area contributed by atoms with Gasteiger partial charge in [-0.1, -0.05) is 18.2 Å². The van der Waals surface area contributed by atoms with Crippen LogP contribution in [0.25, 0.3) is 22.1 Å². The quantitative estimate of drug-likeness (QED) is 0.405. The molecule has 0 radical (unpaired) electrons. The molecule has 2 heterocycles. The topological polar surface area (TPSA) is 80.1 Å². The standard InChI is InChI=1S/C25H22ClFN2O5/c1-3-23(30)28-8-10-29(11-9-28)25(32)15(2)33-17-5-7-19-20(14-24(31)34-22(19)13-17)18-6-4-16(27)12-21(18)26/h3-7,12-15H,1,8-11H2,2H3/t15-/m1/s1. The van der Waals surface area contributed by atoms with Gasteiger partial charge in [-0.2, -0.15) is 0 Å². The molecule has 1 aliphatic rings. The van der Waals surface area contributed by atoms with E-state index >= 15 is 0 Å². The lowest BCUT2D eigenvalue weighted by atomic mass is 10.0. The first kappa shape index (κ1) is 23.5. The molecule has 0 saturated carbocycles. The molecule has 3 aromatic rings. The molecule has 1 atom stereocenters. The maximum Gasteiger partial charge on any atom is 0.336 e. The Balaban J connectivity index is 1.53. The highest BCUT2D eigenvalue weighted by Gasteiger charge is 2.27. The Labute approximate surface area is 200 Å². The van der Waals surface area contributed by atoms with Gasteiger partial charge in [0.05, 0.1) is 5.02 Å². The third kappa shape index (κ3) is 4.82. The van der Waals surface area contributed by atoms with Crippen LogP contribution in [0.5, 0.6) is 5.75 Å². The number of benzene rings is 2. The number of halogens is 2. The smallest absolute Gasteiger partial charge is 0.336 e. The van der Waals surface area contributed by atoms with Crippen molar-refractivity contribution in [3.05, 3.63) is 76.4 Å². The zero-order valence-electron chi connectivity index (χ0n) is 18.4. The molecule has 7 nitrogen and oxygen atoms in total. The summed E-state index contributed by atoms with van der Waals surface area (Å²) in [5.74, 6) is -0.502. The molecule has 4 rings (SSSR count). The van der Waals surface area contributed by atoms with Crippen molar-refractivity contribution in [1.29, 1.82) is 0 Å². The van der Waals surface area contributed by atoms with Crippen molar-refractivity contribution in [2.24, 2.45) is 0 Å². The molecule has 1 aliphatic heterocycles. The molecule has 176 valence electrons. The van der Waals surface area contributed by atoms with Gasteiger partial charge in [-0.3, -0.25) is 9.59 Å². The fourth-order valence-corrected chi connectivity index (χ4v) is 4.20. The maximum atomic E-state index is 13.5. The van der Waals surface area contributed by atoms with Crippen LogP contribution >= 0.6 is 11.6 Å². The van der Waals surface area contributed by atoms with Crippen LogP contribution < -0.4 is 10.4 Å². The highest BCUT2D eigenvalue weighted by atomic mass is 35.5. The van der Waals surface area contributed by atoms with Gasteiger partial charge in [0.2, 0.25) is 5.91 Å². The molecule has 2 amide bonds. The van der Waals surface area contributed by atoms with E-state index in [-0.39, 0.29) is 22.4 Å². The van der Waals surface area contributed by atoms with Gasteiger partial charge in [0.15, 0.2) is 6.10 Å². The van der Waals surface area contributed by atoms with E-state index in [1.807, 2.05) is 0 Å². The first-order valence-corrected chi connectivity index (χ1v) is 11.0. The van der Waals surface area contributed by atoms with Crippen molar-refractivity contribution >= 4 is 34.4 Å². The van der Waals surface area contributed by atoms with Gasteiger partial charge in [-0.25, -0.2) is 9.18 Å². The van der Waals surface area contributed by atoms with Crippen LogP contribution in [0.2, 0.25) is 5.02 Å². The average Bonchev–Trinajstić information content (AvgIpc) is 2.82. The number of hydrogen-bond donors (Lipinski definition) is 0. The summed E-state index contributed by atoms with van der Waals surface area (Å²) in [4.78, 5) is 40.0. The second-order valence-corrected chi connectivity index (χ2v) is 8.28. The molecule has 34 heavy (non-hydrogen) atoms. The van der Waals surface area contributed by atoms with Crippen LogP contribution in [0.3, 0.4) is 0 Å². The molecular weight excluding hydrogens is 463 g/mol. The number of rotatable bonds is 5. The van der Waals surface area contributed by atoms with E-state index in [9.17, 15) is 18.8 Å². The predicted octanol–water partition coefficient (Wildman–Crippen LogP) is 3.88. The summed E-state index contributed by atoms with van der Waals surface area (Å²) >= 11 is 6.19. The summed E-state index contributed by atoms with van der Waals surface area (Å²) in [6, 6.07) is 10.1. The normalized spacial score (nSPS) is 14.7. The Bertz CT molecular complexity index is 1330. The van der Waals surface area contributed by atoms with E-state index in [2.05, 4.69) is 6.58 Å². The highest BCUT2D eigenvalue weighted by molar-refractivity contribution is 6.33. The number of hydrogen-bond acceptors (Lipinski definition) is 5. The van der Waals surface area contributed by atoms with Gasteiger partial charge in [-0.15, -0.1) is 0 Å². The van der Waals surface area contributed by atoms with Crippen molar-refractivity contribution < 1.29 is 23.1 Å². The SMILES string of the molecule is C=CC(=O)N1CCN(C(=O)[C@@H](C)Oc2ccc3c(-c4ccc(F)cc4Cl)cc(=O)oc3c2)CC1. The number of carbonyl (C=O) groups excluding carboxylic acids is 2. The van der Waals surface area contributed by atoms with Crippen LogP contribution in [0.1, 0.15) is 6.92 Å². The summed E-state index contributed by atoms with van der Waals surface area (Å²) in [7, 11) is 0. The molecule has 0 bridgehead atoms. The number of fused-ring (bicyclic) bond motifs is 1. The van der Waals surface area contributed by atoms with Crippen LogP contribution in [0.15, 0.2) is 64.3 Å². The van der Waals surface area contributed by atoms with Crippen LogP contribution in [-0.4, -0.2) is 53.9 Å². The van der Waals surface area contributed by atoms with E-state index in [1.54, 1.807) is 28.9 Å². The minimum Gasteiger partial charge on any atom is -0.481 e. The molecule has 2 aromatic carbocycles. The van der Waals surface area contributed by atoms with Crippen molar-refractivity contribution in [2.45, 2.75) is 13.0 Å². The van der Waals surface area contributed by atoms with Crippen molar-refractivity contribution in [3.8, 4) is 16.9 Å². The summed E-state index contributed by atoms with van der Waals surface area (Å²) in [5, 5.41) is 0.753. The van der Waals surface area contributed by atoms with E-state index in [1.165, 1.54) is 36.4 Å². The number of nitrogens with zero attached hydrogens (tertiary/aromatic N) is 2. The fourth-order valence-electron chi connectivity index (χ4n) is 3.94. The third-order valence-corrected chi connectivity index (χ3v) is 5.99. The Morgan fingerprint density at radius 1 is 1.09 bits per heavy atom. The van der Waals surface area contributed by atoms with E-state index < -0.39 is 17.5 Å². The van der Waals surface area contributed by atoms with Gasteiger partial charge >= 0.3 is 5.63 Å². The molecule has 1 fully saturated rings. The Morgan fingerprint density at radius 2 is 1.79 bits per heavy atom. The maximum absolute atomic E-state index is 13.5. The van der Waals surface area contributed by atoms with Crippen molar-refractivity contribution in [3.63, 3.8) is 0 Å². The summed E-state index contributed by atoms with van der Waals surface area (Å²) in [5.41, 5.74) is 0.638. The molecule has 9 heteroatoms.